The zero-order chi connectivity index (χ0) is 12.6. The summed E-state index contributed by atoms with van der Waals surface area (Å²) in [6, 6.07) is 3.11. The van der Waals surface area contributed by atoms with E-state index in [1.807, 2.05) is 0 Å². The average molecular weight is 240 g/mol. The number of hydrogen-bond donors (Lipinski definition) is 1. The molecule has 0 amide bonds. The molecule has 2 rings (SSSR count). The molecule has 1 aliphatic carbocycles. The molecule has 0 spiro atoms. The molecule has 0 radical (unpaired) electrons. The van der Waals surface area contributed by atoms with Crippen molar-refractivity contribution in [1.82, 2.24) is 0 Å². The fourth-order valence-corrected chi connectivity index (χ4v) is 2.26. The second-order valence-corrected chi connectivity index (χ2v) is 4.81. The highest BCUT2D eigenvalue weighted by Gasteiger charge is 2.50. The minimum Gasteiger partial charge on any atom is -0.388 e. The second kappa shape index (κ2) is 4.18. The van der Waals surface area contributed by atoms with Gasteiger partial charge in [0.2, 0.25) is 0 Å². The lowest BCUT2D eigenvalue weighted by molar-refractivity contribution is -0.119. The number of benzene rings is 1. The Hall–Kier alpha value is -1.29. The molecule has 1 fully saturated rings. The first-order valence-electron chi connectivity index (χ1n) is 5.57. The van der Waals surface area contributed by atoms with E-state index >= 15 is 0 Å². The molecule has 0 bridgehead atoms. The van der Waals surface area contributed by atoms with Gasteiger partial charge in [-0.3, -0.25) is 0 Å². The van der Waals surface area contributed by atoms with E-state index in [-0.39, 0.29) is 17.8 Å². The lowest BCUT2D eigenvalue weighted by atomic mass is 9.88. The number of rotatable bonds is 4. The molecular weight excluding hydrogens is 226 g/mol. The topological polar surface area (TPSA) is 37.3 Å². The molecule has 0 aliphatic heterocycles. The molecule has 4 heteroatoms. The number of Topliss-reactive ketones (excluding diaryl/α,β-unsaturated/α-hetero) is 1. The van der Waals surface area contributed by atoms with Gasteiger partial charge < -0.3 is 9.90 Å². The van der Waals surface area contributed by atoms with Crippen molar-refractivity contribution in [3.05, 3.63) is 35.4 Å². The van der Waals surface area contributed by atoms with E-state index in [0.717, 1.165) is 12.1 Å². The quantitative estimate of drug-likeness (QED) is 0.878. The van der Waals surface area contributed by atoms with Crippen molar-refractivity contribution in [1.29, 1.82) is 0 Å². The van der Waals surface area contributed by atoms with E-state index in [9.17, 15) is 18.7 Å². The Morgan fingerprint density at radius 1 is 1.47 bits per heavy atom. The molecular formula is C13H14F2O2. The summed E-state index contributed by atoms with van der Waals surface area (Å²) in [6.45, 7) is 1.45. The number of halogens is 2. The minimum atomic E-state index is -1.04. The van der Waals surface area contributed by atoms with Crippen LogP contribution in [0.3, 0.4) is 0 Å². The van der Waals surface area contributed by atoms with Crippen LogP contribution in [0.25, 0.3) is 0 Å². The summed E-state index contributed by atoms with van der Waals surface area (Å²) >= 11 is 0. The maximum absolute atomic E-state index is 13.5. The van der Waals surface area contributed by atoms with Crippen LogP contribution in [0, 0.1) is 17.0 Å². The monoisotopic (exact) mass is 240 g/mol. The van der Waals surface area contributed by atoms with E-state index in [0.29, 0.717) is 12.8 Å². The van der Waals surface area contributed by atoms with Gasteiger partial charge in [0.1, 0.15) is 17.4 Å². The van der Waals surface area contributed by atoms with Crippen molar-refractivity contribution in [3.63, 3.8) is 0 Å². The third-order valence-corrected chi connectivity index (χ3v) is 3.33. The van der Waals surface area contributed by atoms with Crippen LogP contribution in [0.2, 0.25) is 0 Å². The van der Waals surface area contributed by atoms with Gasteiger partial charge in [-0.05, 0) is 25.8 Å². The number of carbonyl (C=O) groups is 1. The first-order valence-corrected chi connectivity index (χ1v) is 5.57. The van der Waals surface area contributed by atoms with Gasteiger partial charge in [0.15, 0.2) is 0 Å². The van der Waals surface area contributed by atoms with Crippen molar-refractivity contribution in [2.24, 2.45) is 5.41 Å². The smallest absolute Gasteiger partial charge is 0.131 e. The summed E-state index contributed by atoms with van der Waals surface area (Å²) in [6.07, 6.45) is 0.604. The van der Waals surface area contributed by atoms with Gasteiger partial charge in [-0.1, -0.05) is 6.07 Å². The Morgan fingerprint density at radius 3 is 2.59 bits per heavy atom. The van der Waals surface area contributed by atoms with Crippen molar-refractivity contribution < 1.29 is 18.7 Å². The standard InChI is InChI=1S/C13H14F2O2/c1-8(16)7-13(4-5-13)12(17)10-3-2-9(14)6-11(10)15/h2-3,6,12,17H,4-5,7H2,1H3. The van der Waals surface area contributed by atoms with Crippen LogP contribution in [-0.4, -0.2) is 10.9 Å². The Morgan fingerprint density at radius 2 is 2.12 bits per heavy atom. The number of aliphatic hydroxyl groups is 1. The molecule has 1 atom stereocenters. The van der Waals surface area contributed by atoms with Crippen molar-refractivity contribution in [2.75, 3.05) is 0 Å². The number of hydrogen-bond acceptors (Lipinski definition) is 2. The highest BCUT2D eigenvalue weighted by molar-refractivity contribution is 5.76. The first kappa shape index (κ1) is 12.2. The number of ketones is 1. The van der Waals surface area contributed by atoms with Gasteiger partial charge in [-0.15, -0.1) is 0 Å². The number of aliphatic hydroxyl groups excluding tert-OH is 1. The first-order chi connectivity index (χ1) is 7.94. The third-order valence-electron chi connectivity index (χ3n) is 3.33. The Bertz CT molecular complexity index is 453. The Kier molecular flexibility index (Phi) is 3.00. The zero-order valence-corrected chi connectivity index (χ0v) is 9.54. The van der Waals surface area contributed by atoms with E-state index < -0.39 is 23.2 Å². The van der Waals surface area contributed by atoms with Gasteiger partial charge in [0, 0.05) is 23.5 Å². The molecule has 1 aromatic carbocycles. The molecule has 1 saturated carbocycles. The van der Waals surface area contributed by atoms with Crippen LogP contribution in [-0.2, 0) is 4.79 Å². The summed E-state index contributed by atoms with van der Waals surface area (Å²) in [7, 11) is 0. The summed E-state index contributed by atoms with van der Waals surface area (Å²) in [5.74, 6) is -1.45. The van der Waals surface area contributed by atoms with E-state index in [4.69, 9.17) is 0 Å². The predicted molar refractivity (Wildman–Crippen MR) is 58.3 cm³/mol. The fraction of sp³-hybridized carbons (Fsp3) is 0.462. The van der Waals surface area contributed by atoms with Crippen LogP contribution in [0.4, 0.5) is 8.78 Å². The van der Waals surface area contributed by atoms with Crippen LogP contribution in [0.1, 0.15) is 37.9 Å². The zero-order valence-electron chi connectivity index (χ0n) is 9.54. The molecule has 1 N–H and O–H groups in total. The van der Waals surface area contributed by atoms with Gasteiger partial charge >= 0.3 is 0 Å². The summed E-state index contributed by atoms with van der Waals surface area (Å²) < 4.78 is 26.3. The van der Waals surface area contributed by atoms with E-state index in [1.165, 1.54) is 13.0 Å². The van der Waals surface area contributed by atoms with Crippen LogP contribution < -0.4 is 0 Å². The lowest BCUT2D eigenvalue weighted by Gasteiger charge is -2.21. The maximum Gasteiger partial charge on any atom is 0.131 e. The molecule has 1 aliphatic rings. The van der Waals surface area contributed by atoms with E-state index in [2.05, 4.69) is 0 Å². The number of carbonyl (C=O) groups excluding carboxylic acids is 1. The Balaban J connectivity index is 2.25. The highest BCUT2D eigenvalue weighted by Crippen LogP contribution is 2.57. The molecule has 0 saturated heterocycles. The maximum atomic E-state index is 13.5. The molecule has 0 aromatic heterocycles. The normalized spacial score (nSPS) is 18.8. The molecule has 1 aromatic rings. The largest absolute Gasteiger partial charge is 0.388 e. The summed E-state index contributed by atoms with van der Waals surface area (Å²) in [5, 5.41) is 10.1. The van der Waals surface area contributed by atoms with Gasteiger partial charge in [0.25, 0.3) is 0 Å². The van der Waals surface area contributed by atoms with Crippen LogP contribution in [0.15, 0.2) is 18.2 Å². The van der Waals surface area contributed by atoms with Crippen molar-refractivity contribution in [3.8, 4) is 0 Å². The van der Waals surface area contributed by atoms with Gasteiger partial charge in [-0.2, -0.15) is 0 Å². The highest BCUT2D eigenvalue weighted by atomic mass is 19.1. The lowest BCUT2D eigenvalue weighted by Crippen LogP contribution is -2.18. The summed E-state index contributed by atoms with van der Waals surface area (Å²) in [4.78, 5) is 11.1. The SMILES string of the molecule is CC(=O)CC1(C(O)c2ccc(F)cc2F)CC1. The van der Waals surface area contributed by atoms with Crippen LogP contribution in [0.5, 0.6) is 0 Å². The van der Waals surface area contributed by atoms with Crippen molar-refractivity contribution >= 4 is 5.78 Å². The molecule has 0 heterocycles. The third kappa shape index (κ3) is 2.36. The average Bonchev–Trinajstić information content (AvgIpc) is 2.97. The van der Waals surface area contributed by atoms with E-state index in [1.54, 1.807) is 0 Å². The summed E-state index contributed by atoms with van der Waals surface area (Å²) in [5.41, 5.74) is -0.463. The predicted octanol–water partition coefficient (Wildman–Crippen LogP) is 2.76. The van der Waals surface area contributed by atoms with Crippen LogP contribution >= 0.6 is 0 Å². The molecule has 92 valence electrons. The second-order valence-electron chi connectivity index (χ2n) is 4.81. The van der Waals surface area contributed by atoms with Crippen molar-refractivity contribution in [2.45, 2.75) is 32.3 Å². The molecule has 1 unspecified atom stereocenters. The Labute approximate surface area is 98.3 Å². The van der Waals surface area contributed by atoms with Gasteiger partial charge in [0.05, 0.1) is 6.10 Å². The minimum absolute atomic E-state index is 0.0240. The molecule has 17 heavy (non-hydrogen) atoms. The van der Waals surface area contributed by atoms with Gasteiger partial charge in [-0.25, -0.2) is 8.78 Å². The molecule has 2 nitrogen and oxygen atoms in total. The fourth-order valence-electron chi connectivity index (χ4n) is 2.26.